The SMILES string of the molecule is CCCCn1nc(C)cc1NC(=O)c1ccnn1C(C)C. The van der Waals surface area contributed by atoms with Gasteiger partial charge < -0.3 is 5.32 Å². The minimum absolute atomic E-state index is 0.146. The fourth-order valence-electron chi connectivity index (χ4n) is 2.21. The maximum Gasteiger partial charge on any atom is 0.275 e. The second-order valence-corrected chi connectivity index (χ2v) is 5.46. The van der Waals surface area contributed by atoms with Gasteiger partial charge in [0, 0.05) is 24.8 Å². The van der Waals surface area contributed by atoms with Crippen LogP contribution in [0.1, 0.15) is 55.8 Å². The predicted octanol–water partition coefficient (Wildman–Crippen LogP) is 3.02. The first-order valence-electron chi connectivity index (χ1n) is 7.42. The van der Waals surface area contributed by atoms with E-state index in [1.54, 1.807) is 16.9 Å². The number of hydrogen-bond donors (Lipinski definition) is 1. The van der Waals surface area contributed by atoms with Crippen molar-refractivity contribution in [3.8, 4) is 0 Å². The highest BCUT2D eigenvalue weighted by molar-refractivity contribution is 6.02. The van der Waals surface area contributed by atoms with Gasteiger partial charge in [0.05, 0.1) is 5.69 Å². The molecule has 0 fully saturated rings. The first-order valence-corrected chi connectivity index (χ1v) is 7.42. The Morgan fingerprint density at radius 3 is 2.86 bits per heavy atom. The van der Waals surface area contributed by atoms with Crippen LogP contribution in [0, 0.1) is 6.92 Å². The van der Waals surface area contributed by atoms with Crippen molar-refractivity contribution in [2.45, 2.75) is 53.1 Å². The Labute approximate surface area is 125 Å². The van der Waals surface area contributed by atoms with Gasteiger partial charge in [-0.1, -0.05) is 13.3 Å². The molecular formula is C15H23N5O. The molecule has 0 aliphatic heterocycles. The van der Waals surface area contributed by atoms with Crippen LogP contribution >= 0.6 is 0 Å². The van der Waals surface area contributed by atoms with Crippen molar-refractivity contribution in [3.05, 3.63) is 29.7 Å². The van der Waals surface area contributed by atoms with Gasteiger partial charge in [0.2, 0.25) is 0 Å². The average Bonchev–Trinajstić information content (AvgIpc) is 3.03. The second-order valence-electron chi connectivity index (χ2n) is 5.46. The molecule has 0 aromatic carbocycles. The Morgan fingerprint density at radius 1 is 1.43 bits per heavy atom. The number of nitrogens with zero attached hydrogens (tertiary/aromatic N) is 4. The molecule has 0 saturated carbocycles. The van der Waals surface area contributed by atoms with Crippen LogP contribution in [0.25, 0.3) is 0 Å². The molecule has 1 amide bonds. The molecule has 114 valence electrons. The van der Waals surface area contributed by atoms with E-state index in [4.69, 9.17) is 0 Å². The number of unbranched alkanes of at least 4 members (excludes halogenated alkanes) is 1. The fraction of sp³-hybridized carbons (Fsp3) is 0.533. The molecular weight excluding hydrogens is 266 g/mol. The lowest BCUT2D eigenvalue weighted by molar-refractivity contribution is 0.101. The summed E-state index contributed by atoms with van der Waals surface area (Å²) >= 11 is 0. The number of hydrogen-bond acceptors (Lipinski definition) is 3. The van der Waals surface area contributed by atoms with Crippen molar-refractivity contribution in [1.29, 1.82) is 0 Å². The quantitative estimate of drug-likeness (QED) is 0.889. The van der Waals surface area contributed by atoms with Crippen LogP contribution in [0.15, 0.2) is 18.3 Å². The summed E-state index contributed by atoms with van der Waals surface area (Å²) in [5.74, 6) is 0.585. The van der Waals surface area contributed by atoms with Crippen molar-refractivity contribution in [2.75, 3.05) is 5.32 Å². The van der Waals surface area contributed by atoms with Crippen LogP contribution in [0.4, 0.5) is 5.82 Å². The monoisotopic (exact) mass is 289 g/mol. The maximum absolute atomic E-state index is 12.4. The van der Waals surface area contributed by atoms with E-state index in [1.807, 2.05) is 31.5 Å². The lowest BCUT2D eigenvalue weighted by Gasteiger charge is -2.12. The molecule has 6 nitrogen and oxygen atoms in total. The number of amides is 1. The van der Waals surface area contributed by atoms with Gasteiger partial charge in [-0.15, -0.1) is 0 Å². The number of nitrogens with one attached hydrogen (secondary N) is 1. The topological polar surface area (TPSA) is 64.7 Å². The molecule has 2 aromatic heterocycles. The summed E-state index contributed by atoms with van der Waals surface area (Å²) in [6.45, 7) is 8.87. The van der Waals surface area contributed by atoms with Gasteiger partial charge in [-0.3, -0.25) is 9.48 Å². The fourth-order valence-corrected chi connectivity index (χ4v) is 2.21. The molecule has 2 heterocycles. The van der Waals surface area contributed by atoms with Crippen molar-refractivity contribution in [1.82, 2.24) is 19.6 Å². The number of carbonyl (C=O) groups excluding carboxylic acids is 1. The zero-order valence-corrected chi connectivity index (χ0v) is 13.1. The zero-order valence-electron chi connectivity index (χ0n) is 13.1. The molecule has 6 heteroatoms. The lowest BCUT2D eigenvalue weighted by Crippen LogP contribution is -2.20. The van der Waals surface area contributed by atoms with Gasteiger partial charge in [-0.05, 0) is 33.3 Å². The van der Waals surface area contributed by atoms with E-state index in [0.29, 0.717) is 5.69 Å². The predicted molar refractivity (Wildman–Crippen MR) is 82.4 cm³/mol. The van der Waals surface area contributed by atoms with E-state index in [9.17, 15) is 4.79 Å². The Balaban J connectivity index is 2.17. The van der Waals surface area contributed by atoms with E-state index >= 15 is 0 Å². The lowest BCUT2D eigenvalue weighted by atomic mass is 10.3. The van der Waals surface area contributed by atoms with E-state index in [2.05, 4.69) is 22.4 Å². The first kappa shape index (κ1) is 15.3. The molecule has 2 aromatic rings. The Bertz CT molecular complexity index is 611. The molecule has 2 rings (SSSR count). The van der Waals surface area contributed by atoms with Crippen molar-refractivity contribution >= 4 is 11.7 Å². The number of anilines is 1. The van der Waals surface area contributed by atoms with Gasteiger partial charge in [0.1, 0.15) is 11.5 Å². The summed E-state index contributed by atoms with van der Waals surface area (Å²) in [5.41, 5.74) is 1.46. The third kappa shape index (κ3) is 3.51. The standard InChI is InChI=1S/C15H23N5O/c1-5-6-9-19-14(10-12(4)18-19)17-15(21)13-7-8-16-20(13)11(2)3/h7-8,10-11H,5-6,9H2,1-4H3,(H,17,21). The Hall–Kier alpha value is -2.11. The smallest absolute Gasteiger partial charge is 0.275 e. The molecule has 0 unspecified atom stereocenters. The van der Waals surface area contributed by atoms with Gasteiger partial charge in [0.25, 0.3) is 5.91 Å². The van der Waals surface area contributed by atoms with Crippen LogP contribution in [0.2, 0.25) is 0 Å². The summed E-state index contributed by atoms with van der Waals surface area (Å²) < 4.78 is 3.57. The number of aromatic nitrogens is 4. The zero-order chi connectivity index (χ0) is 15.4. The van der Waals surface area contributed by atoms with Crippen LogP contribution < -0.4 is 5.32 Å². The molecule has 0 spiro atoms. The highest BCUT2D eigenvalue weighted by Gasteiger charge is 2.16. The average molecular weight is 289 g/mol. The second kappa shape index (κ2) is 6.56. The summed E-state index contributed by atoms with van der Waals surface area (Å²) in [4.78, 5) is 12.4. The van der Waals surface area contributed by atoms with E-state index in [-0.39, 0.29) is 11.9 Å². The molecule has 0 aliphatic carbocycles. The third-order valence-electron chi connectivity index (χ3n) is 3.26. The van der Waals surface area contributed by atoms with Crippen LogP contribution in [-0.2, 0) is 6.54 Å². The summed E-state index contributed by atoms with van der Waals surface area (Å²) in [7, 11) is 0. The van der Waals surface area contributed by atoms with Crippen molar-refractivity contribution in [3.63, 3.8) is 0 Å². The Kier molecular flexibility index (Phi) is 4.77. The largest absolute Gasteiger partial charge is 0.305 e. The van der Waals surface area contributed by atoms with Crippen LogP contribution in [-0.4, -0.2) is 25.5 Å². The molecule has 0 radical (unpaired) electrons. The normalized spacial score (nSPS) is 11.1. The summed E-state index contributed by atoms with van der Waals surface area (Å²) in [6.07, 6.45) is 3.77. The van der Waals surface area contributed by atoms with Gasteiger partial charge in [0.15, 0.2) is 0 Å². The molecule has 0 saturated heterocycles. The number of carbonyl (C=O) groups is 1. The van der Waals surface area contributed by atoms with Crippen molar-refractivity contribution in [2.24, 2.45) is 0 Å². The molecule has 1 N–H and O–H groups in total. The van der Waals surface area contributed by atoms with Crippen molar-refractivity contribution < 1.29 is 4.79 Å². The third-order valence-corrected chi connectivity index (χ3v) is 3.26. The van der Waals surface area contributed by atoms with Gasteiger partial charge >= 0.3 is 0 Å². The van der Waals surface area contributed by atoms with Gasteiger partial charge in [-0.25, -0.2) is 4.68 Å². The first-order chi connectivity index (χ1) is 10.0. The highest BCUT2D eigenvalue weighted by atomic mass is 16.2. The minimum atomic E-state index is -0.154. The molecule has 0 aliphatic rings. The van der Waals surface area contributed by atoms with Crippen LogP contribution in [0.3, 0.4) is 0 Å². The van der Waals surface area contributed by atoms with E-state index < -0.39 is 0 Å². The minimum Gasteiger partial charge on any atom is -0.305 e. The number of rotatable bonds is 6. The summed E-state index contributed by atoms with van der Waals surface area (Å²) in [6, 6.07) is 3.77. The molecule has 21 heavy (non-hydrogen) atoms. The summed E-state index contributed by atoms with van der Waals surface area (Å²) in [5, 5.41) is 11.5. The van der Waals surface area contributed by atoms with Crippen LogP contribution in [0.5, 0.6) is 0 Å². The maximum atomic E-state index is 12.4. The molecule has 0 bridgehead atoms. The number of aryl methyl sites for hydroxylation is 2. The van der Waals surface area contributed by atoms with E-state index in [1.165, 1.54) is 0 Å². The van der Waals surface area contributed by atoms with E-state index in [0.717, 1.165) is 30.9 Å². The highest BCUT2D eigenvalue weighted by Crippen LogP contribution is 2.14. The van der Waals surface area contributed by atoms with Gasteiger partial charge in [-0.2, -0.15) is 10.2 Å². The molecule has 0 atom stereocenters. The Morgan fingerprint density at radius 2 is 2.19 bits per heavy atom.